The van der Waals surface area contributed by atoms with E-state index in [1.54, 1.807) is 4.90 Å². The summed E-state index contributed by atoms with van der Waals surface area (Å²) in [7, 11) is 0. The molecule has 3 atom stereocenters. The van der Waals surface area contributed by atoms with Crippen molar-refractivity contribution < 1.29 is 24.5 Å². The van der Waals surface area contributed by atoms with Gasteiger partial charge in [-0.3, -0.25) is 4.79 Å². The van der Waals surface area contributed by atoms with Crippen LogP contribution < -0.4 is 27.4 Å². The number of hydrogen-bond donors (Lipinski definition) is 7. The van der Waals surface area contributed by atoms with Crippen LogP contribution in [0, 0.1) is 0 Å². The van der Waals surface area contributed by atoms with E-state index in [-0.39, 0.29) is 37.4 Å². The number of ether oxygens (including phenoxy) is 1. The Balaban J connectivity index is 1.30. The average Bonchev–Trinajstić information content (AvgIpc) is 3.33. The van der Waals surface area contributed by atoms with Crippen LogP contribution in [-0.2, 0) is 9.53 Å². The third-order valence-electron chi connectivity index (χ3n) is 7.02. The third kappa shape index (κ3) is 6.30. The van der Waals surface area contributed by atoms with Crippen LogP contribution in [0.3, 0.4) is 0 Å². The molecule has 1 fully saturated rings. The number of alkyl carbamates (subject to hydrolysis) is 1. The second-order valence-corrected chi connectivity index (χ2v) is 9.72. The standard InChI is InChI=1S/C23H42N8O5/c1-2-3-4-7-10-17(32)26-12-8-5-6-9-13-27-21(33)36-15-16-18-23(30-19(24)29-18)22(34,35)11-14-31(23)20(25)28-16/h16,18,34-35H,2-15H2,1H3,(H2,25,28)(H,26,32)(H,27,33)(H3,24,29,30)/t16-,18-,23-/m0/s1. The minimum Gasteiger partial charge on any atom is -0.447 e. The van der Waals surface area contributed by atoms with E-state index in [0.717, 1.165) is 44.9 Å². The van der Waals surface area contributed by atoms with Crippen molar-refractivity contribution in [2.45, 2.75) is 94.7 Å². The minimum absolute atomic E-state index is 0.0367. The van der Waals surface area contributed by atoms with E-state index >= 15 is 0 Å². The number of amides is 2. The SMILES string of the molecule is CCCCCCC(=O)NCCCCCCNC(=O)OC[C@@H]1N=C(N)N2CCC(O)(O)[C@@]23NC(N)=N[C@@H]13. The van der Waals surface area contributed by atoms with Gasteiger partial charge in [-0.2, -0.15) is 0 Å². The lowest BCUT2D eigenvalue weighted by Gasteiger charge is -2.48. The Kier molecular flexibility index (Phi) is 9.60. The van der Waals surface area contributed by atoms with E-state index in [0.29, 0.717) is 19.5 Å². The van der Waals surface area contributed by atoms with Gasteiger partial charge >= 0.3 is 6.09 Å². The predicted octanol–water partition coefficient (Wildman–Crippen LogP) is -0.574. The molecule has 0 radical (unpaired) electrons. The van der Waals surface area contributed by atoms with Gasteiger partial charge in [-0.15, -0.1) is 0 Å². The summed E-state index contributed by atoms with van der Waals surface area (Å²) >= 11 is 0. The first-order valence-corrected chi connectivity index (χ1v) is 13.1. The van der Waals surface area contributed by atoms with Gasteiger partial charge in [-0.1, -0.05) is 39.0 Å². The highest BCUT2D eigenvalue weighted by Gasteiger charge is 2.69. The number of nitrogens with two attached hydrogens (primary N) is 2. The fourth-order valence-corrected chi connectivity index (χ4v) is 5.09. The maximum Gasteiger partial charge on any atom is 0.407 e. The molecule has 3 aliphatic heterocycles. The Morgan fingerprint density at radius 1 is 1.08 bits per heavy atom. The molecule has 1 spiro atoms. The lowest BCUT2D eigenvalue weighted by atomic mass is 9.87. The first kappa shape index (κ1) is 27.8. The number of hydrogen-bond acceptors (Lipinski definition) is 11. The molecule has 1 saturated heterocycles. The van der Waals surface area contributed by atoms with Crippen molar-refractivity contribution in [3.8, 4) is 0 Å². The highest BCUT2D eigenvalue weighted by atomic mass is 16.5. The fraction of sp³-hybridized carbons (Fsp3) is 0.826. The first-order chi connectivity index (χ1) is 17.2. The fourth-order valence-electron chi connectivity index (χ4n) is 5.09. The number of rotatable bonds is 14. The molecule has 0 bridgehead atoms. The monoisotopic (exact) mass is 510 g/mol. The van der Waals surface area contributed by atoms with Crippen molar-refractivity contribution >= 4 is 23.9 Å². The van der Waals surface area contributed by atoms with E-state index < -0.39 is 29.6 Å². The molecule has 0 aromatic carbocycles. The van der Waals surface area contributed by atoms with E-state index in [9.17, 15) is 19.8 Å². The van der Waals surface area contributed by atoms with Crippen LogP contribution in [0.2, 0.25) is 0 Å². The molecule has 0 aliphatic carbocycles. The summed E-state index contributed by atoms with van der Waals surface area (Å²) in [5.74, 6) is -1.86. The van der Waals surface area contributed by atoms with Crippen LogP contribution in [0.4, 0.5) is 4.79 Å². The zero-order valence-corrected chi connectivity index (χ0v) is 21.2. The topological polar surface area (TPSA) is 200 Å². The van der Waals surface area contributed by atoms with Crippen molar-refractivity contribution in [2.24, 2.45) is 21.5 Å². The number of nitrogens with one attached hydrogen (secondary N) is 3. The summed E-state index contributed by atoms with van der Waals surface area (Å²) in [5, 5.41) is 29.8. The molecule has 0 aromatic rings. The Morgan fingerprint density at radius 3 is 2.50 bits per heavy atom. The molecule has 0 saturated carbocycles. The van der Waals surface area contributed by atoms with Gasteiger partial charge in [0.25, 0.3) is 0 Å². The second-order valence-electron chi connectivity index (χ2n) is 9.72. The van der Waals surface area contributed by atoms with Gasteiger partial charge in [0, 0.05) is 32.5 Å². The van der Waals surface area contributed by atoms with Crippen LogP contribution in [0.15, 0.2) is 9.98 Å². The van der Waals surface area contributed by atoms with Crippen molar-refractivity contribution in [2.75, 3.05) is 26.2 Å². The van der Waals surface area contributed by atoms with Gasteiger partial charge in [0.1, 0.15) is 18.7 Å². The van der Waals surface area contributed by atoms with Crippen molar-refractivity contribution in [1.29, 1.82) is 0 Å². The Labute approximate surface area is 212 Å². The quantitative estimate of drug-likeness (QED) is 0.118. The number of guanidine groups is 2. The summed E-state index contributed by atoms with van der Waals surface area (Å²) in [6, 6.07) is -1.51. The molecule has 3 rings (SSSR count). The van der Waals surface area contributed by atoms with Gasteiger partial charge in [0.15, 0.2) is 17.6 Å². The van der Waals surface area contributed by atoms with E-state index in [1.807, 2.05) is 0 Å². The second kappa shape index (κ2) is 12.4. The minimum atomic E-state index is -2.14. The summed E-state index contributed by atoms with van der Waals surface area (Å²) in [6.45, 7) is 3.42. The average molecular weight is 511 g/mol. The smallest absolute Gasteiger partial charge is 0.407 e. The third-order valence-corrected chi connectivity index (χ3v) is 7.02. The molecule has 0 aromatic heterocycles. The number of aliphatic hydroxyl groups is 2. The van der Waals surface area contributed by atoms with Crippen LogP contribution >= 0.6 is 0 Å². The number of aliphatic imine (C=N–C) groups is 2. The Morgan fingerprint density at radius 2 is 1.78 bits per heavy atom. The lowest BCUT2D eigenvalue weighted by Crippen LogP contribution is -2.76. The summed E-state index contributed by atoms with van der Waals surface area (Å²) in [5.41, 5.74) is 10.5. The maximum atomic E-state index is 12.2. The molecule has 36 heavy (non-hydrogen) atoms. The van der Waals surface area contributed by atoms with Crippen LogP contribution in [0.5, 0.6) is 0 Å². The van der Waals surface area contributed by atoms with Crippen LogP contribution in [-0.4, -0.2) is 88.8 Å². The zero-order valence-electron chi connectivity index (χ0n) is 21.2. The van der Waals surface area contributed by atoms with Gasteiger partial charge < -0.3 is 47.3 Å². The highest BCUT2D eigenvalue weighted by Crippen LogP contribution is 2.44. The number of unbranched alkanes of at least 4 members (excludes halogenated alkanes) is 6. The predicted molar refractivity (Wildman–Crippen MR) is 135 cm³/mol. The van der Waals surface area contributed by atoms with E-state index in [4.69, 9.17) is 16.2 Å². The summed E-state index contributed by atoms with van der Waals surface area (Å²) in [6.07, 6.45) is 8.01. The van der Waals surface area contributed by atoms with Crippen molar-refractivity contribution in [3.63, 3.8) is 0 Å². The van der Waals surface area contributed by atoms with Crippen molar-refractivity contribution in [1.82, 2.24) is 20.9 Å². The first-order valence-electron chi connectivity index (χ1n) is 13.1. The number of carbonyl (C=O) groups is 2. The highest BCUT2D eigenvalue weighted by molar-refractivity contribution is 5.87. The summed E-state index contributed by atoms with van der Waals surface area (Å²) < 4.78 is 5.33. The Bertz CT molecular complexity index is 835. The van der Waals surface area contributed by atoms with Gasteiger partial charge in [-0.25, -0.2) is 14.8 Å². The maximum absolute atomic E-state index is 12.2. The normalized spacial score (nSPS) is 25.8. The molecule has 13 heteroatoms. The number of nitrogens with zero attached hydrogens (tertiary/aromatic N) is 3. The largest absolute Gasteiger partial charge is 0.447 e. The van der Waals surface area contributed by atoms with Crippen molar-refractivity contribution in [3.05, 3.63) is 0 Å². The lowest BCUT2D eigenvalue weighted by molar-refractivity contribution is -0.221. The molecule has 2 amide bonds. The van der Waals surface area contributed by atoms with Gasteiger partial charge in [0.05, 0.1) is 0 Å². The molecule has 3 heterocycles. The van der Waals surface area contributed by atoms with E-state index in [1.165, 1.54) is 6.42 Å². The van der Waals surface area contributed by atoms with Crippen LogP contribution in [0.25, 0.3) is 0 Å². The van der Waals surface area contributed by atoms with Gasteiger partial charge in [0.2, 0.25) is 11.7 Å². The molecule has 0 unspecified atom stereocenters. The molecule has 9 N–H and O–H groups in total. The number of carbonyl (C=O) groups excluding carboxylic acids is 2. The zero-order chi connectivity index (χ0) is 26.2. The molecule has 204 valence electrons. The van der Waals surface area contributed by atoms with Crippen LogP contribution in [0.1, 0.15) is 71.1 Å². The van der Waals surface area contributed by atoms with E-state index in [2.05, 4.69) is 32.9 Å². The Hall–Kier alpha value is -2.80. The van der Waals surface area contributed by atoms with Gasteiger partial charge in [-0.05, 0) is 19.3 Å². The summed E-state index contributed by atoms with van der Waals surface area (Å²) in [4.78, 5) is 34.1. The molecular formula is C23H42N8O5. The molecular weight excluding hydrogens is 468 g/mol. The molecule has 3 aliphatic rings. The molecule has 13 nitrogen and oxygen atoms in total.